The number of fused-ring (bicyclic) bond motifs is 1. The quantitative estimate of drug-likeness (QED) is 0.675. The summed E-state index contributed by atoms with van der Waals surface area (Å²) in [6.45, 7) is 1.88. The lowest BCUT2D eigenvalue weighted by Gasteiger charge is -2.09. The molecule has 4 rings (SSSR count). The molecule has 0 amide bonds. The van der Waals surface area contributed by atoms with Crippen molar-refractivity contribution in [2.75, 3.05) is 11.5 Å². The lowest BCUT2D eigenvalue weighted by Crippen LogP contribution is -2.12. The Labute approximate surface area is 154 Å². The first-order valence-electron chi connectivity index (χ1n) is 7.92. The van der Waals surface area contributed by atoms with Crippen molar-refractivity contribution in [3.63, 3.8) is 0 Å². The Bertz CT molecular complexity index is 1050. The van der Waals surface area contributed by atoms with Gasteiger partial charge in [-0.1, -0.05) is 23.7 Å². The SMILES string of the molecule is Cc1nn([C@H]2CCS(=O)(=O)C2)c(Cl)c1/C=C/c1nc2ccccc2s1. The average molecular weight is 394 g/mol. The molecule has 5 nitrogen and oxygen atoms in total. The Balaban J connectivity index is 1.64. The molecule has 25 heavy (non-hydrogen) atoms. The van der Waals surface area contributed by atoms with E-state index in [0.717, 1.165) is 26.5 Å². The van der Waals surface area contributed by atoms with E-state index in [1.165, 1.54) is 0 Å². The Morgan fingerprint density at radius 1 is 1.32 bits per heavy atom. The summed E-state index contributed by atoms with van der Waals surface area (Å²) in [6.07, 6.45) is 4.39. The van der Waals surface area contributed by atoms with E-state index in [1.807, 2.05) is 43.3 Å². The van der Waals surface area contributed by atoms with Crippen LogP contribution < -0.4 is 0 Å². The van der Waals surface area contributed by atoms with E-state index in [2.05, 4.69) is 10.1 Å². The van der Waals surface area contributed by atoms with Gasteiger partial charge in [-0.05, 0) is 37.6 Å². The van der Waals surface area contributed by atoms with Crippen LogP contribution in [0, 0.1) is 6.92 Å². The second-order valence-corrected chi connectivity index (χ2v) is 9.79. The van der Waals surface area contributed by atoms with Gasteiger partial charge < -0.3 is 0 Å². The third-order valence-corrected chi connectivity index (χ3v) is 7.46. The first-order chi connectivity index (χ1) is 11.9. The van der Waals surface area contributed by atoms with Crippen molar-refractivity contribution in [3.05, 3.63) is 45.7 Å². The number of thiazole rings is 1. The molecule has 0 spiro atoms. The molecule has 0 radical (unpaired) electrons. The van der Waals surface area contributed by atoms with E-state index < -0.39 is 9.84 Å². The fraction of sp³-hybridized carbons (Fsp3) is 0.294. The van der Waals surface area contributed by atoms with Crippen LogP contribution in [0.2, 0.25) is 5.15 Å². The summed E-state index contributed by atoms with van der Waals surface area (Å²) in [6, 6.07) is 7.81. The molecule has 2 aromatic heterocycles. The zero-order valence-corrected chi connectivity index (χ0v) is 15.9. The van der Waals surface area contributed by atoms with E-state index in [4.69, 9.17) is 11.6 Å². The third-order valence-electron chi connectivity index (χ3n) is 4.33. The van der Waals surface area contributed by atoms with Crippen molar-refractivity contribution in [1.82, 2.24) is 14.8 Å². The van der Waals surface area contributed by atoms with E-state index in [9.17, 15) is 8.42 Å². The minimum Gasteiger partial charge on any atom is -0.249 e. The molecule has 0 saturated carbocycles. The number of hydrogen-bond acceptors (Lipinski definition) is 5. The van der Waals surface area contributed by atoms with Crippen LogP contribution in [-0.4, -0.2) is 34.7 Å². The molecule has 1 aliphatic rings. The maximum absolute atomic E-state index is 11.7. The molecule has 1 atom stereocenters. The number of halogens is 1. The summed E-state index contributed by atoms with van der Waals surface area (Å²) < 4.78 is 26.2. The Morgan fingerprint density at radius 3 is 2.84 bits per heavy atom. The smallest absolute Gasteiger partial charge is 0.152 e. The van der Waals surface area contributed by atoms with E-state index >= 15 is 0 Å². The molecule has 0 N–H and O–H groups in total. The number of rotatable bonds is 3. The van der Waals surface area contributed by atoms with E-state index in [0.29, 0.717) is 11.6 Å². The number of hydrogen-bond donors (Lipinski definition) is 0. The van der Waals surface area contributed by atoms with Gasteiger partial charge in [-0.2, -0.15) is 5.10 Å². The van der Waals surface area contributed by atoms with Gasteiger partial charge in [0.2, 0.25) is 0 Å². The lowest BCUT2D eigenvalue weighted by molar-refractivity contribution is 0.497. The van der Waals surface area contributed by atoms with Crippen molar-refractivity contribution in [3.8, 4) is 0 Å². The molecule has 1 fully saturated rings. The summed E-state index contributed by atoms with van der Waals surface area (Å²) in [5.41, 5.74) is 2.57. The first-order valence-corrected chi connectivity index (χ1v) is 10.9. The first kappa shape index (κ1) is 16.8. The van der Waals surface area contributed by atoms with Crippen LogP contribution >= 0.6 is 22.9 Å². The minimum atomic E-state index is -2.98. The lowest BCUT2D eigenvalue weighted by atomic mass is 10.2. The zero-order chi connectivity index (χ0) is 17.6. The molecule has 0 bridgehead atoms. The van der Waals surface area contributed by atoms with Gasteiger partial charge in [0.05, 0.1) is 33.5 Å². The van der Waals surface area contributed by atoms with Crippen LogP contribution in [0.15, 0.2) is 24.3 Å². The molecular weight excluding hydrogens is 378 g/mol. The number of benzene rings is 1. The Hall–Kier alpha value is -1.70. The number of aryl methyl sites for hydroxylation is 1. The maximum atomic E-state index is 11.7. The molecule has 8 heteroatoms. The summed E-state index contributed by atoms with van der Waals surface area (Å²) >= 11 is 8.10. The molecule has 1 saturated heterocycles. The van der Waals surface area contributed by atoms with Crippen LogP contribution in [0.1, 0.15) is 28.7 Å². The van der Waals surface area contributed by atoms with Gasteiger partial charge in [-0.25, -0.2) is 18.1 Å². The molecule has 1 aliphatic heterocycles. The highest BCUT2D eigenvalue weighted by atomic mass is 35.5. The van der Waals surface area contributed by atoms with Crippen LogP contribution in [0.4, 0.5) is 0 Å². The fourth-order valence-electron chi connectivity index (χ4n) is 3.05. The van der Waals surface area contributed by atoms with Crippen molar-refractivity contribution in [2.45, 2.75) is 19.4 Å². The van der Waals surface area contributed by atoms with Crippen molar-refractivity contribution in [2.24, 2.45) is 0 Å². The van der Waals surface area contributed by atoms with E-state index in [-0.39, 0.29) is 17.5 Å². The molecule has 0 aliphatic carbocycles. The largest absolute Gasteiger partial charge is 0.249 e. The Morgan fingerprint density at radius 2 is 2.12 bits per heavy atom. The predicted octanol–water partition coefficient (Wildman–Crippen LogP) is 3.98. The second kappa shape index (κ2) is 6.23. The summed E-state index contributed by atoms with van der Waals surface area (Å²) in [5, 5.41) is 5.84. The van der Waals surface area contributed by atoms with Crippen molar-refractivity contribution >= 4 is 55.1 Å². The standard InChI is InChI=1S/C17H16ClN3O2S2/c1-11-13(6-7-16-19-14-4-2-3-5-15(14)24-16)17(18)21(20-11)12-8-9-25(22,23)10-12/h2-7,12H,8-10H2,1H3/b7-6+/t12-/m0/s1. The van der Waals surface area contributed by atoms with E-state index in [1.54, 1.807) is 16.0 Å². The highest BCUT2D eigenvalue weighted by Gasteiger charge is 2.31. The number of nitrogens with zero attached hydrogens (tertiary/aromatic N) is 3. The number of para-hydroxylation sites is 1. The van der Waals surface area contributed by atoms with Gasteiger partial charge in [0.25, 0.3) is 0 Å². The Kier molecular flexibility index (Phi) is 4.17. The second-order valence-electron chi connectivity index (χ2n) is 6.14. The highest BCUT2D eigenvalue weighted by Crippen LogP contribution is 2.31. The average Bonchev–Trinajstić information content (AvgIpc) is 3.21. The number of aromatic nitrogens is 3. The topological polar surface area (TPSA) is 64.8 Å². The highest BCUT2D eigenvalue weighted by molar-refractivity contribution is 7.91. The van der Waals surface area contributed by atoms with Crippen molar-refractivity contribution < 1.29 is 8.42 Å². The van der Waals surface area contributed by atoms with Gasteiger partial charge in [0, 0.05) is 5.56 Å². The van der Waals surface area contributed by atoms with Crippen molar-refractivity contribution in [1.29, 1.82) is 0 Å². The predicted molar refractivity (Wildman–Crippen MR) is 103 cm³/mol. The summed E-state index contributed by atoms with van der Waals surface area (Å²) in [7, 11) is -2.98. The van der Waals surface area contributed by atoms with Gasteiger partial charge in [-0.15, -0.1) is 11.3 Å². The molecular formula is C17H16ClN3O2S2. The molecule has 130 valence electrons. The van der Waals surface area contributed by atoms with Gasteiger partial charge in [0.15, 0.2) is 9.84 Å². The van der Waals surface area contributed by atoms with Gasteiger partial charge in [-0.3, -0.25) is 0 Å². The number of sulfone groups is 1. The molecule has 3 aromatic rings. The van der Waals surface area contributed by atoms with Crippen LogP contribution in [0.5, 0.6) is 0 Å². The monoisotopic (exact) mass is 393 g/mol. The molecule has 3 heterocycles. The third kappa shape index (κ3) is 3.23. The molecule has 0 unspecified atom stereocenters. The van der Waals surface area contributed by atoms with Gasteiger partial charge in [0.1, 0.15) is 10.2 Å². The fourth-order valence-corrected chi connectivity index (χ4v) is 5.99. The molecule has 1 aromatic carbocycles. The summed E-state index contributed by atoms with van der Waals surface area (Å²) in [4.78, 5) is 4.57. The van der Waals surface area contributed by atoms with Crippen LogP contribution in [-0.2, 0) is 9.84 Å². The van der Waals surface area contributed by atoms with Gasteiger partial charge >= 0.3 is 0 Å². The maximum Gasteiger partial charge on any atom is 0.152 e. The summed E-state index contributed by atoms with van der Waals surface area (Å²) in [5.74, 6) is 0.304. The van der Waals surface area contributed by atoms with Crippen LogP contribution in [0.25, 0.3) is 22.4 Å². The minimum absolute atomic E-state index is 0.106. The van der Waals surface area contributed by atoms with Crippen LogP contribution in [0.3, 0.4) is 0 Å². The zero-order valence-electron chi connectivity index (χ0n) is 13.5. The normalized spacial score (nSPS) is 20.0.